The van der Waals surface area contributed by atoms with Crippen molar-refractivity contribution in [3.05, 3.63) is 47.3 Å². The van der Waals surface area contributed by atoms with Crippen LogP contribution < -0.4 is 5.32 Å². The molecule has 5 nitrogen and oxygen atoms in total. The Morgan fingerprint density at radius 1 is 1.39 bits per heavy atom. The Bertz CT molecular complexity index is 696. The van der Waals surface area contributed by atoms with E-state index in [4.69, 9.17) is 5.11 Å². The van der Waals surface area contributed by atoms with E-state index in [0.717, 1.165) is 12.1 Å². The van der Waals surface area contributed by atoms with Crippen LogP contribution in [0.5, 0.6) is 0 Å². The number of halogens is 3. The molecule has 0 saturated heterocycles. The molecule has 1 amide bonds. The van der Waals surface area contributed by atoms with Gasteiger partial charge >= 0.3 is 6.18 Å². The molecule has 23 heavy (non-hydrogen) atoms. The molecule has 0 spiro atoms. The van der Waals surface area contributed by atoms with E-state index in [9.17, 15) is 18.0 Å². The number of hydrogen-bond donors (Lipinski definition) is 2. The number of hydrogen-bond acceptors (Lipinski definition) is 3. The lowest BCUT2D eigenvalue weighted by Gasteiger charge is -2.10. The van der Waals surface area contributed by atoms with Crippen LogP contribution in [-0.4, -0.2) is 33.9 Å². The summed E-state index contributed by atoms with van der Waals surface area (Å²) >= 11 is 0. The molecule has 0 saturated carbocycles. The van der Waals surface area contributed by atoms with Crippen molar-refractivity contribution in [1.82, 2.24) is 15.1 Å². The quantitative estimate of drug-likeness (QED) is 0.828. The van der Waals surface area contributed by atoms with E-state index in [1.54, 1.807) is 6.92 Å². The molecule has 2 aromatic rings. The Labute approximate surface area is 130 Å². The maximum atomic E-state index is 12.8. The number of nitrogens with zero attached hydrogens (tertiary/aromatic N) is 2. The van der Waals surface area contributed by atoms with Crippen molar-refractivity contribution in [3.63, 3.8) is 0 Å². The minimum Gasteiger partial charge on any atom is -0.396 e. The number of alkyl halides is 3. The van der Waals surface area contributed by atoms with Gasteiger partial charge in [-0.05, 0) is 31.5 Å². The zero-order valence-corrected chi connectivity index (χ0v) is 12.4. The second kappa shape index (κ2) is 6.82. The highest BCUT2D eigenvalue weighted by Crippen LogP contribution is 2.30. The third-order valence-corrected chi connectivity index (χ3v) is 3.29. The Morgan fingerprint density at radius 2 is 2.13 bits per heavy atom. The Hall–Kier alpha value is -2.35. The summed E-state index contributed by atoms with van der Waals surface area (Å²) in [6.45, 7) is 1.88. The predicted octanol–water partition coefficient (Wildman–Crippen LogP) is 2.31. The zero-order chi connectivity index (χ0) is 17.0. The van der Waals surface area contributed by atoms with Crippen molar-refractivity contribution in [2.45, 2.75) is 19.5 Å². The van der Waals surface area contributed by atoms with Crippen LogP contribution in [0, 0.1) is 6.92 Å². The van der Waals surface area contributed by atoms with Crippen LogP contribution in [-0.2, 0) is 6.18 Å². The molecule has 1 aromatic carbocycles. The molecule has 0 aliphatic heterocycles. The van der Waals surface area contributed by atoms with E-state index in [0.29, 0.717) is 18.7 Å². The molecule has 1 aromatic heterocycles. The fourth-order valence-electron chi connectivity index (χ4n) is 2.08. The van der Waals surface area contributed by atoms with Crippen molar-refractivity contribution >= 4 is 5.91 Å². The van der Waals surface area contributed by atoms with Gasteiger partial charge in [0.25, 0.3) is 5.91 Å². The average Bonchev–Trinajstić information content (AvgIpc) is 2.88. The SMILES string of the molecule is Cc1c(C(=O)NCCCO)cnn1-c1cccc(C(F)(F)F)c1. The second-order valence-electron chi connectivity index (χ2n) is 4.94. The van der Waals surface area contributed by atoms with Crippen molar-refractivity contribution in [2.24, 2.45) is 0 Å². The summed E-state index contributed by atoms with van der Waals surface area (Å²) in [4.78, 5) is 12.0. The fraction of sp³-hybridized carbons (Fsp3) is 0.333. The van der Waals surface area contributed by atoms with Crippen LogP contribution in [0.2, 0.25) is 0 Å². The number of aromatic nitrogens is 2. The molecule has 0 radical (unpaired) electrons. The zero-order valence-electron chi connectivity index (χ0n) is 12.4. The van der Waals surface area contributed by atoms with Crippen LogP contribution in [0.4, 0.5) is 13.2 Å². The maximum absolute atomic E-state index is 12.8. The van der Waals surface area contributed by atoms with Crippen LogP contribution >= 0.6 is 0 Å². The second-order valence-corrected chi connectivity index (χ2v) is 4.94. The van der Waals surface area contributed by atoms with E-state index >= 15 is 0 Å². The first-order chi connectivity index (χ1) is 10.8. The van der Waals surface area contributed by atoms with Crippen molar-refractivity contribution < 1.29 is 23.1 Å². The molecule has 0 aliphatic carbocycles. The van der Waals surface area contributed by atoms with Gasteiger partial charge in [-0.2, -0.15) is 18.3 Å². The van der Waals surface area contributed by atoms with E-state index < -0.39 is 11.7 Å². The molecular formula is C15H16F3N3O2. The minimum absolute atomic E-state index is 0.0389. The van der Waals surface area contributed by atoms with Gasteiger partial charge in [-0.1, -0.05) is 6.07 Å². The number of rotatable bonds is 5. The van der Waals surface area contributed by atoms with Crippen LogP contribution in [0.1, 0.15) is 28.0 Å². The Morgan fingerprint density at radius 3 is 2.78 bits per heavy atom. The summed E-state index contributed by atoms with van der Waals surface area (Å²) in [5.41, 5.74) is 0.164. The number of carbonyl (C=O) groups is 1. The topological polar surface area (TPSA) is 67.2 Å². The van der Waals surface area contributed by atoms with Gasteiger partial charge in [0, 0.05) is 13.2 Å². The van der Waals surface area contributed by atoms with Gasteiger partial charge in [-0.25, -0.2) is 4.68 Å². The fourth-order valence-corrected chi connectivity index (χ4v) is 2.08. The van der Waals surface area contributed by atoms with E-state index in [1.807, 2.05) is 0 Å². The molecule has 0 unspecified atom stereocenters. The normalized spacial score (nSPS) is 11.5. The van der Waals surface area contributed by atoms with E-state index in [1.165, 1.54) is 23.0 Å². The number of aliphatic hydroxyl groups is 1. The maximum Gasteiger partial charge on any atom is 0.416 e. The summed E-state index contributed by atoms with van der Waals surface area (Å²) in [6, 6.07) is 4.74. The summed E-state index contributed by atoms with van der Waals surface area (Å²) in [5, 5.41) is 15.3. The van der Waals surface area contributed by atoms with E-state index in [-0.39, 0.29) is 23.8 Å². The van der Waals surface area contributed by atoms with E-state index in [2.05, 4.69) is 10.4 Å². The minimum atomic E-state index is -4.44. The summed E-state index contributed by atoms with van der Waals surface area (Å²) < 4.78 is 39.6. The van der Waals surface area contributed by atoms with Crippen LogP contribution in [0.15, 0.2) is 30.5 Å². The molecular weight excluding hydrogens is 311 g/mol. The monoisotopic (exact) mass is 327 g/mol. The third-order valence-electron chi connectivity index (χ3n) is 3.29. The van der Waals surface area contributed by atoms with Gasteiger partial charge in [-0.15, -0.1) is 0 Å². The lowest BCUT2D eigenvalue weighted by molar-refractivity contribution is -0.137. The number of aliphatic hydroxyl groups excluding tert-OH is 1. The highest BCUT2D eigenvalue weighted by molar-refractivity contribution is 5.95. The smallest absolute Gasteiger partial charge is 0.396 e. The average molecular weight is 327 g/mol. The first-order valence-electron chi connectivity index (χ1n) is 6.96. The largest absolute Gasteiger partial charge is 0.416 e. The summed E-state index contributed by atoms with van der Waals surface area (Å²) in [7, 11) is 0. The Balaban J connectivity index is 2.27. The third kappa shape index (κ3) is 3.89. The van der Waals surface area contributed by atoms with Gasteiger partial charge in [0.05, 0.1) is 28.7 Å². The predicted molar refractivity (Wildman–Crippen MR) is 77.3 cm³/mol. The molecule has 2 rings (SSSR count). The van der Waals surface area contributed by atoms with Crippen LogP contribution in [0.25, 0.3) is 5.69 Å². The van der Waals surface area contributed by atoms with Gasteiger partial charge in [0.2, 0.25) is 0 Å². The van der Waals surface area contributed by atoms with Gasteiger partial charge in [0.1, 0.15) is 0 Å². The molecule has 124 valence electrons. The van der Waals surface area contributed by atoms with Crippen molar-refractivity contribution in [3.8, 4) is 5.69 Å². The lowest BCUT2D eigenvalue weighted by atomic mass is 10.2. The molecule has 0 fully saturated rings. The molecule has 8 heteroatoms. The molecule has 0 aliphatic rings. The Kier molecular flexibility index (Phi) is 5.05. The van der Waals surface area contributed by atoms with Crippen molar-refractivity contribution in [1.29, 1.82) is 0 Å². The van der Waals surface area contributed by atoms with Gasteiger partial charge in [0.15, 0.2) is 0 Å². The first kappa shape index (κ1) is 17.0. The molecule has 0 atom stereocenters. The van der Waals surface area contributed by atoms with Gasteiger partial charge < -0.3 is 10.4 Å². The standard InChI is InChI=1S/C15H16F3N3O2/c1-10-13(14(23)19-6-3-7-22)9-20-21(10)12-5-2-4-11(8-12)15(16,17)18/h2,4-5,8-9,22H,3,6-7H2,1H3,(H,19,23). The van der Waals surface area contributed by atoms with Gasteiger partial charge in [-0.3, -0.25) is 4.79 Å². The highest BCUT2D eigenvalue weighted by atomic mass is 19.4. The van der Waals surface area contributed by atoms with Crippen LogP contribution in [0.3, 0.4) is 0 Å². The first-order valence-corrected chi connectivity index (χ1v) is 6.96. The highest BCUT2D eigenvalue weighted by Gasteiger charge is 2.30. The van der Waals surface area contributed by atoms with Crippen molar-refractivity contribution in [2.75, 3.05) is 13.2 Å². The number of carbonyl (C=O) groups excluding carboxylic acids is 1. The molecule has 2 N–H and O–H groups in total. The number of amides is 1. The number of nitrogens with one attached hydrogen (secondary N) is 1. The lowest BCUT2D eigenvalue weighted by Crippen LogP contribution is -2.25. The number of benzene rings is 1. The molecule has 1 heterocycles. The summed E-state index contributed by atoms with van der Waals surface area (Å²) in [5.74, 6) is -0.380. The summed E-state index contributed by atoms with van der Waals surface area (Å²) in [6.07, 6.45) is -2.71. The molecule has 0 bridgehead atoms.